The Labute approximate surface area is 157 Å². The lowest BCUT2D eigenvalue weighted by atomic mass is 9.86. The van der Waals surface area contributed by atoms with Crippen LogP contribution in [-0.2, 0) is 4.79 Å². The second-order valence-electron chi connectivity index (χ2n) is 7.04. The molecular formula is C19H25BrN2OS. The van der Waals surface area contributed by atoms with Gasteiger partial charge < -0.3 is 10.6 Å². The van der Waals surface area contributed by atoms with Crippen LogP contribution in [0.1, 0.15) is 50.2 Å². The first-order valence-corrected chi connectivity index (χ1v) is 9.76. The molecule has 130 valence electrons. The van der Waals surface area contributed by atoms with Gasteiger partial charge in [-0.25, -0.2) is 0 Å². The van der Waals surface area contributed by atoms with E-state index in [1.807, 2.05) is 31.2 Å². The zero-order valence-corrected chi connectivity index (χ0v) is 17.0. The lowest BCUT2D eigenvalue weighted by Crippen LogP contribution is -2.40. The number of hydrogen-bond acceptors (Lipinski definition) is 3. The summed E-state index contributed by atoms with van der Waals surface area (Å²) in [5, 5.41) is 8.55. The molecule has 0 bridgehead atoms. The van der Waals surface area contributed by atoms with E-state index >= 15 is 0 Å². The van der Waals surface area contributed by atoms with Crippen LogP contribution in [0.5, 0.6) is 0 Å². The summed E-state index contributed by atoms with van der Waals surface area (Å²) in [5.74, 6) is 0.0104. The number of hydrogen-bond donors (Lipinski definition) is 2. The van der Waals surface area contributed by atoms with E-state index in [0.29, 0.717) is 6.54 Å². The number of nitrogens with one attached hydrogen (secondary N) is 2. The smallest absolute Gasteiger partial charge is 0.234 e. The van der Waals surface area contributed by atoms with E-state index in [0.717, 1.165) is 10.0 Å². The number of carbonyl (C=O) groups excluding carboxylic acids is 1. The third-order valence-electron chi connectivity index (χ3n) is 3.91. The molecule has 24 heavy (non-hydrogen) atoms. The Bertz CT molecular complexity index is 647. The molecule has 0 fully saturated rings. The normalized spacial score (nSPS) is 14.2. The predicted molar refractivity (Wildman–Crippen MR) is 105 cm³/mol. The molecule has 1 aromatic carbocycles. The molecule has 2 rings (SSSR count). The molecule has 3 nitrogen and oxygen atoms in total. The van der Waals surface area contributed by atoms with E-state index in [4.69, 9.17) is 0 Å². The van der Waals surface area contributed by atoms with Gasteiger partial charge in [-0.3, -0.25) is 4.79 Å². The average molecular weight is 409 g/mol. The van der Waals surface area contributed by atoms with Crippen LogP contribution in [0.3, 0.4) is 0 Å². The average Bonchev–Trinajstić information content (AvgIpc) is 3.00. The van der Waals surface area contributed by atoms with Crippen LogP contribution in [0.25, 0.3) is 0 Å². The maximum absolute atomic E-state index is 12.3. The van der Waals surface area contributed by atoms with Crippen molar-refractivity contribution in [3.05, 3.63) is 56.7 Å². The highest BCUT2D eigenvalue weighted by Crippen LogP contribution is 2.34. The van der Waals surface area contributed by atoms with Gasteiger partial charge in [0.25, 0.3) is 0 Å². The van der Waals surface area contributed by atoms with Gasteiger partial charge in [0.15, 0.2) is 0 Å². The summed E-state index contributed by atoms with van der Waals surface area (Å²) in [6.45, 7) is 8.87. The molecule has 1 amide bonds. The van der Waals surface area contributed by atoms with Crippen molar-refractivity contribution in [2.24, 2.45) is 5.41 Å². The first-order chi connectivity index (χ1) is 11.3. The highest BCUT2D eigenvalue weighted by Gasteiger charge is 2.27. The van der Waals surface area contributed by atoms with Crippen LogP contribution in [0.2, 0.25) is 0 Å². The molecule has 0 spiro atoms. The molecule has 0 saturated carbocycles. The van der Waals surface area contributed by atoms with E-state index in [1.54, 1.807) is 11.3 Å². The molecule has 2 N–H and O–H groups in total. The maximum Gasteiger partial charge on any atom is 0.234 e. The Morgan fingerprint density at radius 3 is 2.42 bits per heavy atom. The summed E-state index contributed by atoms with van der Waals surface area (Å²) >= 11 is 5.15. The van der Waals surface area contributed by atoms with Gasteiger partial charge in [0, 0.05) is 15.4 Å². The standard InChI is InChI=1S/C19H25BrN2OS/c1-13(14-7-9-15(20)10-8-14)22-17(23)12-21-18(19(2,3)4)16-6-5-11-24-16/h5-11,13,18,21H,12H2,1-4H3,(H,22,23)/t13-,18-/m0/s1. The molecule has 0 aliphatic heterocycles. The minimum Gasteiger partial charge on any atom is -0.348 e. The van der Waals surface area contributed by atoms with Crippen LogP contribution < -0.4 is 10.6 Å². The molecule has 0 unspecified atom stereocenters. The van der Waals surface area contributed by atoms with Gasteiger partial charge >= 0.3 is 0 Å². The number of halogens is 1. The number of amides is 1. The van der Waals surface area contributed by atoms with Gasteiger partial charge in [0.2, 0.25) is 5.91 Å². The van der Waals surface area contributed by atoms with E-state index in [1.165, 1.54) is 4.88 Å². The first kappa shape index (κ1) is 19.2. The van der Waals surface area contributed by atoms with Gasteiger partial charge in [0.05, 0.1) is 12.6 Å². The van der Waals surface area contributed by atoms with Crippen molar-refractivity contribution in [1.82, 2.24) is 10.6 Å². The van der Waals surface area contributed by atoms with Crippen molar-refractivity contribution in [1.29, 1.82) is 0 Å². The van der Waals surface area contributed by atoms with Gasteiger partial charge in [0.1, 0.15) is 0 Å². The molecule has 2 atom stereocenters. The van der Waals surface area contributed by atoms with Crippen LogP contribution in [-0.4, -0.2) is 12.5 Å². The van der Waals surface area contributed by atoms with Crippen molar-refractivity contribution in [2.75, 3.05) is 6.54 Å². The largest absolute Gasteiger partial charge is 0.348 e. The van der Waals surface area contributed by atoms with Crippen LogP contribution in [0, 0.1) is 5.41 Å². The van der Waals surface area contributed by atoms with E-state index in [9.17, 15) is 4.79 Å². The zero-order chi connectivity index (χ0) is 17.7. The summed E-state index contributed by atoms with van der Waals surface area (Å²) in [6.07, 6.45) is 0. The molecule has 0 saturated heterocycles. The summed E-state index contributed by atoms with van der Waals surface area (Å²) in [6, 6.07) is 12.3. The molecule has 0 aliphatic rings. The van der Waals surface area contributed by atoms with E-state index < -0.39 is 0 Å². The van der Waals surface area contributed by atoms with E-state index in [-0.39, 0.29) is 23.4 Å². The molecular weight excluding hydrogens is 384 g/mol. The molecule has 2 aromatic rings. The van der Waals surface area contributed by atoms with Gasteiger partial charge in [-0.2, -0.15) is 0 Å². The fourth-order valence-electron chi connectivity index (χ4n) is 2.61. The van der Waals surface area contributed by atoms with Crippen molar-refractivity contribution in [3.63, 3.8) is 0 Å². The Kier molecular flexibility index (Phi) is 6.61. The summed E-state index contributed by atoms with van der Waals surface area (Å²) in [7, 11) is 0. The minimum absolute atomic E-state index is 0.0104. The lowest BCUT2D eigenvalue weighted by molar-refractivity contribution is -0.121. The minimum atomic E-state index is -0.0118. The van der Waals surface area contributed by atoms with Crippen molar-refractivity contribution in [3.8, 4) is 0 Å². The molecule has 1 aromatic heterocycles. The summed E-state index contributed by atoms with van der Waals surface area (Å²) < 4.78 is 1.04. The second kappa shape index (κ2) is 8.28. The lowest BCUT2D eigenvalue weighted by Gasteiger charge is -2.31. The number of rotatable bonds is 6. The maximum atomic E-state index is 12.3. The van der Waals surface area contributed by atoms with Crippen molar-refractivity contribution < 1.29 is 4.79 Å². The highest BCUT2D eigenvalue weighted by molar-refractivity contribution is 9.10. The first-order valence-electron chi connectivity index (χ1n) is 8.09. The van der Waals surface area contributed by atoms with E-state index in [2.05, 4.69) is 64.8 Å². The summed E-state index contributed by atoms with van der Waals surface area (Å²) in [4.78, 5) is 13.6. The Hall–Kier alpha value is -1.17. The molecule has 0 aliphatic carbocycles. The fraction of sp³-hybridized carbons (Fsp3) is 0.421. The van der Waals surface area contributed by atoms with Crippen molar-refractivity contribution in [2.45, 2.75) is 39.8 Å². The Balaban J connectivity index is 1.92. The quantitative estimate of drug-likeness (QED) is 0.700. The molecule has 5 heteroatoms. The number of thiophene rings is 1. The van der Waals surface area contributed by atoms with Crippen LogP contribution in [0.15, 0.2) is 46.3 Å². The zero-order valence-electron chi connectivity index (χ0n) is 14.6. The second-order valence-corrected chi connectivity index (χ2v) is 8.93. The van der Waals surface area contributed by atoms with Crippen LogP contribution >= 0.6 is 27.3 Å². The Morgan fingerprint density at radius 1 is 1.21 bits per heavy atom. The van der Waals surface area contributed by atoms with Crippen molar-refractivity contribution >= 4 is 33.2 Å². The number of benzene rings is 1. The fourth-order valence-corrected chi connectivity index (χ4v) is 3.92. The third-order valence-corrected chi connectivity index (χ3v) is 5.37. The number of carbonyl (C=O) groups is 1. The SMILES string of the molecule is C[C@H](NC(=O)CN[C@@H](c1cccs1)C(C)(C)C)c1ccc(Br)cc1. The molecule has 1 heterocycles. The van der Waals surface area contributed by atoms with Gasteiger partial charge in [-0.1, -0.05) is 54.9 Å². The van der Waals surface area contributed by atoms with Gasteiger partial charge in [-0.15, -0.1) is 11.3 Å². The topological polar surface area (TPSA) is 41.1 Å². The highest BCUT2D eigenvalue weighted by atomic mass is 79.9. The third kappa shape index (κ3) is 5.43. The van der Waals surface area contributed by atoms with Crippen LogP contribution in [0.4, 0.5) is 0 Å². The van der Waals surface area contributed by atoms with Gasteiger partial charge in [-0.05, 0) is 41.5 Å². The predicted octanol–water partition coefficient (Wildman–Crippen LogP) is 5.06. The monoisotopic (exact) mass is 408 g/mol. The summed E-state index contributed by atoms with van der Waals surface area (Å²) in [5.41, 5.74) is 1.14. The molecule has 0 radical (unpaired) electrons. The Morgan fingerprint density at radius 2 is 1.88 bits per heavy atom.